The number of rotatable bonds is 7. The first-order chi connectivity index (χ1) is 12.7. The molecule has 0 radical (unpaired) electrons. The van der Waals surface area contributed by atoms with Gasteiger partial charge in [-0.2, -0.15) is 5.10 Å². The molecule has 1 saturated heterocycles. The molecule has 1 saturated carbocycles. The van der Waals surface area contributed by atoms with Gasteiger partial charge in [0.1, 0.15) is 0 Å². The van der Waals surface area contributed by atoms with Gasteiger partial charge in [0.05, 0.1) is 24.8 Å². The second-order valence-corrected chi connectivity index (χ2v) is 6.93. The van der Waals surface area contributed by atoms with E-state index in [1.807, 2.05) is 24.3 Å². The van der Waals surface area contributed by atoms with Crippen molar-refractivity contribution in [3.8, 4) is 0 Å². The Hall–Kier alpha value is -2.45. The molecule has 1 aromatic carbocycles. The molecule has 1 N–H and O–H groups in total. The van der Waals surface area contributed by atoms with Gasteiger partial charge >= 0.3 is 5.97 Å². The van der Waals surface area contributed by atoms with E-state index in [1.54, 1.807) is 6.21 Å². The third-order valence-electron chi connectivity index (χ3n) is 3.81. The summed E-state index contributed by atoms with van der Waals surface area (Å²) in [6.07, 6.45) is 5.27. The Labute approximate surface area is 155 Å². The summed E-state index contributed by atoms with van der Waals surface area (Å²) in [5.74, 6) is -0.270. The number of methoxy groups -OCH3 is 1. The molecule has 0 aromatic heterocycles. The molecule has 1 aliphatic heterocycles. The number of hydrogen-bond donors (Lipinski definition) is 1. The van der Waals surface area contributed by atoms with Crippen LogP contribution in [0.1, 0.15) is 24.0 Å². The number of hydrogen-bond acceptors (Lipinski definition) is 7. The van der Waals surface area contributed by atoms with Gasteiger partial charge in [0, 0.05) is 18.2 Å². The highest BCUT2D eigenvalue weighted by Crippen LogP contribution is 2.29. The minimum atomic E-state index is -0.590. The van der Waals surface area contributed by atoms with Crippen molar-refractivity contribution < 1.29 is 19.1 Å². The van der Waals surface area contributed by atoms with Crippen LogP contribution in [0.15, 0.2) is 45.4 Å². The number of amides is 1. The zero-order valence-electron chi connectivity index (χ0n) is 14.3. The minimum Gasteiger partial charge on any atom is -0.466 e. The first-order valence-corrected chi connectivity index (χ1v) is 9.03. The molecule has 2 aliphatic rings. The predicted molar refractivity (Wildman–Crippen MR) is 99.7 cm³/mol. The third-order valence-corrected chi connectivity index (χ3v) is 4.71. The fraction of sp³-hybridized carbons (Fsp3) is 0.333. The molecule has 2 fully saturated rings. The average Bonchev–Trinajstić information content (AvgIpc) is 3.40. The number of thioether (sulfide) groups is 1. The van der Waals surface area contributed by atoms with E-state index in [0.717, 1.165) is 41.5 Å². The van der Waals surface area contributed by atoms with Gasteiger partial charge in [0.15, 0.2) is 5.17 Å². The summed E-state index contributed by atoms with van der Waals surface area (Å²) in [6.45, 7) is 1.33. The number of nitrogens with one attached hydrogen (secondary N) is 1. The van der Waals surface area contributed by atoms with Crippen molar-refractivity contribution in [2.75, 3.05) is 13.7 Å². The highest BCUT2D eigenvalue weighted by Gasteiger charge is 2.25. The van der Waals surface area contributed by atoms with E-state index in [4.69, 9.17) is 4.74 Å². The lowest BCUT2D eigenvalue weighted by molar-refractivity contribution is -0.135. The molecule has 1 aromatic rings. The van der Waals surface area contributed by atoms with Crippen LogP contribution in [0.5, 0.6) is 0 Å². The Balaban J connectivity index is 1.61. The zero-order chi connectivity index (χ0) is 18.4. The molecule has 7 nitrogen and oxygen atoms in total. The molecule has 1 heterocycles. The number of carbonyl (C=O) groups is 2. The van der Waals surface area contributed by atoms with Gasteiger partial charge in [-0.05, 0) is 36.1 Å². The first-order valence-electron chi connectivity index (χ1n) is 8.21. The largest absolute Gasteiger partial charge is 0.466 e. The van der Waals surface area contributed by atoms with Gasteiger partial charge in [-0.3, -0.25) is 10.1 Å². The summed E-state index contributed by atoms with van der Waals surface area (Å²) in [4.78, 5) is 23.2. The summed E-state index contributed by atoms with van der Waals surface area (Å²) in [5.41, 5.74) is 1.94. The summed E-state index contributed by atoms with van der Waals surface area (Å²) in [7, 11) is 1.25. The Morgan fingerprint density at radius 2 is 2.19 bits per heavy atom. The van der Waals surface area contributed by atoms with E-state index in [2.05, 4.69) is 20.3 Å². The number of nitrogens with zero attached hydrogens (tertiary/aromatic N) is 2. The topological polar surface area (TPSA) is 89.3 Å². The summed E-state index contributed by atoms with van der Waals surface area (Å²) in [6, 6.07) is 7.80. The van der Waals surface area contributed by atoms with Crippen LogP contribution in [0.2, 0.25) is 0 Å². The van der Waals surface area contributed by atoms with Crippen LogP contribution in [0.25, 0.3) is 0 Å². The molecule has 0 bridgehead atoms. The van der Waals surface area contributed by atoms with Crippen molar-refractivity contribution in [1.29, 1.82) is 0 Å². The van der Waals surface area contributed by atoms with E-state index in [0.29, 0.717) is 11.8 Å². The second kappa shape index (κ2) is 8.77. The highest BCUT2D eigenvalue weighted by atomic mass is 32.2. The van der Waals surface area contributed by atoms with Crippen LogP contribution in [0, 0.1) is 5.92 Å². The molecule has 0 spiro atoms. The van der Waals surface area contributed by atoms with Crippen molar-refractivity contribution in [3.63, 3.8) is 0 Å². The molecule has 0 unspecified atom stereocenters. The lowest BCUT2D eigenvalue weighted by Crippen LogP contribution is -2.19. The van der Waals surface area contributed by atoms with E-state index in [1.165, 1.54) is 20.0 Å². The van der Waals surface area contributed by atoms with Gasteiger partial charge in [0.2, 0.25) is 0 Å². The van der Waals surface area contributed by atoms with Crippen LogP contribution < -0.4 is 5.32 Å². The maximum Gasteiger partial charge on any atom is 0.331 e. The SMILES string of the molecule is COC(=O)/C=C1/S/C(=N\N=Cc2ccccc2COCC2CC2)NC1=O. The van der Waals surface area contributed by atoms with Crippen LogP contribution in [-0.2, 0) is 25.7 Å². The maximum atomic E-state index is 11.7. The lowest BCUT2D eigenvalue weighted by atomic mass is 10.1. The summed E-state index contributed by atoms with van der Waals surface area (Å²) in [5, 5.41) is 10.9. The molecular weight excluding hydrogens is 354 g/mol. The average molecular weight is 373 g/mol. The zero-order valence-corrected chi connectivity index (χ0v) is 15.1. The van der Waals surface area contributed by atoms with Gasteiger partial charge in [-0.15, -0.1) is 5.10 Å². The van der Waals surface area contributed by atoms with Gasteiger partial charge < -0.3 is 9.47 Å². The van der Waals surface area contributed by atoms with E-state index in [-0.39, 0.29) is 4.91 Å². The van der Waals surface area contributed by atoms with Gasteiger partial charge in [-0.25, -0.2) is 4.79 Å². The van der Waals surface area contributed by atoms with Crippen molar-refractivity contribution in [2.45, 2.75) is 19.4 Å². The van der Waals surface area contributed by atoms with Gasteiger partial charge in [-0.1, -0.05) is 24.3 Å². The molecular formula is C18H19N3O4S. The Morgan fingerprint density at radius 3 is 2.96 bits per heavy atom. The van der Waals surface area contributed by atoms with Crippen molar-refractivity contribution in [3.05, 3.63) is 46.4 Å². The van der Waals surface area contributed by atoms with E-state index < -0.39 is 11.9 Å². The fourth-order valence-electron chi connectivity index (χ4n) is 2.20. The van der Waals surface area contributed by atoms with Crippen LogP contribution >= 0.6 is 11.8 Å². The Kier molecular flexibility index (Phi) is 6.19. The Morgan fingerprint density at radius 1 is 1.38 bits per heavy atom. The number of esters is 1. The van der Waals surface area contributed by atoms with E-state index >= 15 is 0 Å². The molecule has 1 aliphatic carbocycles. The van der Waals surface area contributed by atoms with Crippen LogP contribution in [0.3, 0.4) is 0 Å². The Bertz CT molecular complexity index is 784. The third kappa shape index (κ3) is 5.27. The molecule has 8 heteroatoms. The molecule has 0 atom stereocenters. The molecule has 3 rings (SSSR count). The van der Waals surface area contributed by atoms with Gasteiger partial charge in [0.25, 0.3) is 5.91 Å². The fourth-order valence-corrected chi connectivity index (χ4v) is 2.94. The number of ether oxygens (including phenoxy) is 2. The van der Waals surface area contributed by atoms with Crippen molar-refractivity contribution in [2.24, 2.45) is 16.1 Å². The van der Waals surface area contributed by atoms with Crippen LogP contribution in [0.4, 0.5) is 0 Å². The molecule has 26 heavy (non-hydrogen) atoms. The smallest absolute Gasteiger partial charge is 0.331 e. The standard InChI is InChI=1S/C18H19N3O4S/c1-24-16(22)8-15-17(23)20-18(26-15)21-19-9-13-4-2-3-5-14(13)11-25-10-12-6-7-12/h2-5,8-9,12H,6-7,10-11H2,1H3,(H,20,21,23)/b15-8+,19-9?. The molecule has 1 amide bonds. The number of benzene rings is 1. The van der Waals surface area contributed by atoms with E-state index in [9.17, 15) is 9.59 Å². The summed E-state index contributed by atoms with van der Waals surface area (Å²) < 4.78 is 10.2. The second-order valence-electron chi connectivity index (χ2n) is 5.89. The highest BCUT2D eigenvalue weighted by molar-refractivity contribution is 8.18. The number of carbonyl (C=O) groups excluding carboxylic acids is 2. The monoisotopic (exact) mass is 373 g/mol. The van der Waals surface area contributed by atoms with Crippen LogP contribution in [-0.4, -0.2) is 37.0 Å². The van der Waals surface area contributed by atoms with Crippen molar-refractivity contribution >= 4 is 35.0 Å². The summed E-state index contributed by atoms with van der Waals surface area (Å²) >= 11 is 1.04. The maximum absolute atomic E-state index is 11.7. The number of amidine groups is 1. The first kappa shape index (κ1) is 18.3. The van der Waals surface area contributed by atoms with Crippen molar-refractivity contribution in [1.82, 2.24) is 5.32 Å². The molecule has 136 valence electrons. The quantitative estimate of drug-likeness (QED) is 0.343. The lowest BCUT2D eigenvalue weighted by Gasteiger charge is -2.06. The predicted octanol–water partition coefficient (Wildman–Crippen LogP) is 2.22. The normalized spacial score (nSPS) is 20.1. The minimum absolute atomic E-state index is 0.222.